The third-order valence-corrected chi connectivity index (χ3v) is 3.35. The number of rotatable bonds is 4. The van der Waals surface area contributed by atoms with Crippen molar-refractivity contribution in [3.8, 4) is 0 Å². The molecular weight excluding hydrogens is 206 g/mol. The van der Waals surface area contributed by atoms with Gasteiger partial charge in [-0.2, -0.15) is 0 Å². The maximum Gasteiger partial charge on any atom is 0.225 e. The maximum absolute atomic E-state index is 11.8. The minimum Gasteiger partial charge on any atom is -0.390 e. The monoisotopic (exact) mass is 227 g/mol. The van der Waals surface area contributed by atoms with E-state index in [2.05, 4.69) is 4.90 Å². The number of hydrogen-bond donors (Lipinski definition) is 2. The number of piperazine rings is 1. The van der Waals surface area contributed by atoms with Gasteiger partial charge < -0.3 is 15.7 Å². The Morgan fingerprint density at radius 2 is 1.94 bits per heavy atom. The molecule has 0 aromatic heterocycles. The molecule has 2 rings (SSSR count). The predicted octanol–water partition coefficient (Wildman–Crippen LogP) is -1.14. The zero-order valence-electron chi connectivity index (χ0n) is 9.64. The van der Waals surface area contributed by atoms with Gasteiger partial charge in [-0.1, -0.05) is 0 Å². The van der Waals surface area contributed by atoms with Crippen molar-refractivity contribution >= 4 is 5.91 Å². The van der Waals surface area contributed by atoms with Gasteiger partial charge in [0.05, 0.1) is 6.10 Å². The van der Waals surface area contributed by atoms with E-state index in [1.165, 1.54) is 0 Å². The molecule has 1 saturated heterocycles. The molecule has 0 bridgehead atoms. The third kappa shape index (κ3) is 2.93. The van der Waals surface area contributed by atoms with Crippen LogP contribution in [0.2, 0.25) is 0 Å². The Hall–Kier alpha value is -0.650. The van der Waals surface area contributed by atoms with Crippen molar-refractivity contribution in [2.24, 2.45) is 11.7 Å². The van der Waals surface area contributed by atoms with E-state index in [0.29, 0.717) is 24.9 Å². The SMILES string of the molecule is NCC(O)CN1CCN(C(=O)C2CC2)CC1. The van der Waals surface area contributed by atoms with E-state index >= 15 is 0 Å². The van der Waals surface area contributed by atoms with Crippen molar-refractivity contribution in [1.82, 2.24) is 9.80 Å². The fourth-order valence-electron chi connectivity index (χ4n) is 2.11. The third-order valence-electron chi connectivity index (χ3n) is 3.35. The molecule has 3 N–H and O–H groups in total. The van der Waals surface area contributed by atoms with Crippen molar-refractivity contribution in [3.63, 3.8) is 0 Å². The fraction of sp³-hybridized carbons (Fsp3) is 0.909. The Morgan fingerprint density at radius 1 is 1.31 bits per heavy atom. The molecule has 92 valence electrons. The van der Waals surface area contributed by atoms with Crippen molar-refractivity contribution in [2.45, 2.75) is 18.9 Å². The van der Waals surface area contributed by atoms with Crippen LogP contribution in [0.5, 0.6) is 0 Å². The normalized spacial score (nSPS) is 24.5. The van der Waals surface area contributed by atoms with Crippen molar-refractivity contribution in [2.75, 3.05) is 39.3 Å². The summed E-state index contributed by atoms with van der Waals surface area (Å²) in [6, 6.07) is 0. The first-order valence-corrected chi connectivity index (χ1v) is 6.10. The Kier molecular flexibility index (Phi) is 3.78. The van der Waals surface area contributed by atoms with Crippen LogP contribution in [-0.4, -0.2) is 66.2 Å². The van der Waals surface area contributed by atoms with Gasteiger partial charge in [-0.05, 0) is 12.8 Å². The molecule has 1 aliphatic carbocycles. The molecule has 0 aromatic carbocycles. The lowest BCUT2D eigenvalue weighted by Gasteiger charge is -2.35. The van der Waals surface area contributed by atoms with Gasteiger partial charge >= 0.3 is 0 Å². The first kappa shape index (κ1) is 11.8. The van der Waals surface area contributed by atoms with Crippen LogP contribution in [0.25, 0.3) is 0 Å². The van der Waals surface area contributed by atoms with E-state index in [1.54, 1.807) is 0 Å². The van der Waals surface area contributed by atoms with Crippen LogP contribution in [0, 0.1) is 5.92 Å². The zero-order valence-corrected chi connectivity index (χ0v) is 9.64. The number of nitrogens with two attached hydrogens (primary N) is 1. The average molecular weight is 227 g/mol. The standard InChI is InChI=1S/C11H21N3O2/c12-7-10(15)8-13-3-5-14(6-4-13)11(16)9-1-2-9/h9-10,15H,1-8,12H2. The summed E-state index contributed by atoms with van der Waals surface area (Å²) < 4.78 is 0. The molecule has 2 fully saturated rings. The second-order valence-electron chi connectivity index (χ2n) is 4.79. The average Bonchev–Trinajstić information content (AvgIpc) is 3.13. The molecule has 0 aromatic rings. The van der Waals surface area contributed by atoms with E-state index in [4.69, 9.17) is 5.73 Å². The zero-order chi connectivity index (χ0) is 11.5. The van der Waals surface area contributed by atoms with Gasteiger partial charge in [-0.15, -0.1) is 0 Å². The molecule has 1 unspecified atom stereocenters. The molecule has 0 spiro atoms. The fourth-order valence-corrected chi connectivity index (χ4v) is 2.11. The van der Waals surface area contributed by atoms with Crippen molar-refractivity contribution < 1.29 is 9.90 Å². The number of β-amino-alcohol motifs (C(OH)–C–C–N with tert-alkyl or cyclic N) is 1. The molecule has 1 amide bonds. The predicted molar refractivity (Wildman–Crippen MR) is 60.8 cm³/mol. The van der Waals surface area contributed by atoms with Gasteiger partial charge in [0, 0.05) is 45.2 Å². The summed E-state index contributed by atoms with van der Waals surface area (Å²) in [5, 5.41) is 9.44. The molecule has 1 atom stereocenters. The van der Waals surface area contributed by atoms with Gasteiger partial charge in [0.2, 0.25) is 5.91 Å². The Morgan fingerprint density at radius 3 is 2.44 bits per heavy atom. The Bertz CT molecular complexity index is 248. The largest absolute Gasteiger partial charge is 0.390 e. The van der Waals surface area contributed by atoms with Crippen LogP contribution in [0.3, 0.4) is 0 Å². The van der Waals surface area contributed by atoms with Crippen LogP contribution in [0.4, 0.5) is 0 Å². The number of aliphatic hydroxyl groups excluding tert-OH is 1. The number of carbonyl (C=O) groups is 1. The highest BCUT2D eigenvalue weighted by Gasteiger charge is 2.34. The van der Waals surface area contributed by atoms with E-state index < -0.39 is 6.10 Å². The molecule has 5 nitrogen and oxygen atoms in total. The van der Waals surface area contributed by atoms with Gasteiger partial charge in [-0.3, -0.25) is 9.69 Å². The Balaban J connectivity index is 1.71. The molecule has 5 heteroatoms. The number of hydrogen-bond acceptors (Lipinski definition) is 4. The summed E-state index contributed by atoms with van der Waals surface area (Å²) in [6.45, 7) is 4.24. The molecule has 16 heavy (non-hydrogen) atoms. The van der Waals surface area contributed by atoms with Crippen molar-refractivity contribution in [1.29, 1.82) is 0 Å². The lowest BCUT2D eigenvalue weighted by atomic mass is 10.2. The lowest BCUT2D eigenvalue weighted by molar-refractivity contribution is -0.134. The van der Waals surface area contributed by atoms with E-state index in [9.17, 15) is 9.90 Å². The summed E-state index contributed by atoms with van der Waals surface area (Å²) in [4.78, 5) is 15.9. The quantitative estimate of drug-likeness (QED) is 0.637. The van der Waals surface area contributed by atoms with E-state index in [1.807, 2.05) is 4.90 Å². The summed E-state index contributed by atoms with van der Waals surface area (Å²) >= 11 is 0. The lowest BCUT2D eigenvalue weighted by Crippen LogP contribution is -2.51. The molecule has 0 radical (unpaired) electrons. The molecule has 2 aliphatic rings. The number of carbonyl (C=O) groups excluding carboxylic acids is 1. The minimum atomic E-state index is -0.439. The van der Waals surface area contributed by atoms with Gasteiger partial charge in [0.1, 0.15) is 0 Å². The molecule has 1 heterocycles. The molecule has 1 aliphatic heterocycles. The van der Waals surface area contributed by atoms with Crippen LogP contribution in [0.15, 0.2) is 0 Å². The van der Waals surface area contributed by atoms with Crippen LogP contribution >= 0.6 is 0 Å². The van der Waals surface area contributed by atoms with Gasteiger partial charge in [0.25, 0.3) is 0 Å². The summed E-state index contributed by atoms with van der Waals surface area (Å²) in [6.07, 6.45) is 1.71. The maximum atomic E-state index is 11.8. The summed E-state index contributed by atoms with van der Waals surface area (Å²) in [5.41, 5.74) is 5.37. The van der Waals surface area contributed by atoms with Crippen LogP contribution in [-0.2, 0) is 4.79 Å². The molecule has 1 saturated carbocycles. The van der Waals surface area contributed by atoms with Crippen LogP contribution in [0.1, 0.15) is 12.8 Å². The van der Waals surface area contributed by atoms with Crippen molar-refractivity contribution in [3.05, 3.63) is 0 Å². The topological polar surface area (TPSA) is 69.8 Å². The van der Waals surface area contributed by atoms with E-state index in [-0.39, 0.29) is 0 Å². The smallest absolute Gasteiger partial charge is 0.225 e. The van der Waals surface area contributed by atoms with Gasteiger partial charge in [-0.25, -0.2) is 0 Å². The van der Waals surface area contributed by atoms with Gasteiger partial charge in [0.15, 0.2) is 0 Å². The first-order valence-electron chi connectivity index (χ1n) is 6.10. The highest BCUT2D eigenvalue weighted by molar-refractivity contribution is 5.81. The highest BCUT2D eigenvalue weighted by atomic mass is 16.3. The highest BCUT2D eigenvalue weighted by Crippen LogP contribution is 2.31. The minimum absolute atomic E-state index is 0.307. The number of nitrogens with zero attached hydrogens (tertiary/aromatic N) is 2. The Labute approximate surface area is 96.2 Å². The first-order chi connectivity index (χ1) is 7.70. The number of amides is 1. The summed E-state index contributed by atoms with van der Waals surface area (Å²) in [7, 11) is 0. The van der Waals surface area contributed by atoms with Crippen LogP contribution < -0.4 is 5.73 Å². The molecular formula is C11H21N3O2. The number of aliphatic hydroxyl groups is 1. The van der Waals surface area contributed by atoms with E-state index in [0.717, 1.165) is 39.0 Å². The second kappa shape index (κ2) is 5.12. The second-order valence-corrected chi connectivity index (χ2v) is 4.79. The summed E-state index contributed by atoms with van der Waals surface area (Å²) in [5.74, 6) is 0.653.